The highest BCUT2D eigenvalue weighted by molar-refractivity contribution is 5.77. The van der Waals surface area contributed by atoms with Crippen LogP contribution in [0.4, 0.5) is 4.39 Å². The summed E-state index contributed by atoms with van der Waals surface area (Å²) in [4.78, 5) is 16.0. The zero-order valence-electron chi connectivity index (χ0n) is 8.69. The van der Waals surface area contributed by atoms with Gasteiger partial charge < -0.3 is 5.73 Å². The van der Waals surface area contributed by atoms with Crippen molar-refractivity contribution in [3.8, 4) is 0 Å². The lowest BCUT2D eigenvalue weighted by atomic mass is 10.2. The van der Waals surface area contributed by atoms with Gasteiger partial charge in [-0.25, -0.2) is 9.37 Å². The molecule has 2 rings (SSSR count). The lowest BCUT2D eigenvalue weighted by molar-refractivity contribution is 0.619. The van der Waals surface area contributed by atoms with Crippen LogP contribution in [0.15, 0.2) is 29.3 Å². The summed E-state index contributed by atoms with van der Waals surface area (Å²) in [6.07, 6.45) is 2.17. The summed E-state index contributed by atoms with van der Waals surface area (Å²) in [5, 5.41) is 0.305. The Balaban J connectivity index is 2.55. The van der Waals surface area contributed by atoms with Crippen molar-refractivity contribution in [2.24, 2.45) is 5.73 Å². The predicted octanol–water partition coefficient (Wildman–Crippen LogP) is 0.884. The molecule has 0 aliphatic rings. The lowest BCUT2D eigenvalue weighted by Crippen LogP contribution is -2.22. The van der Waals surface area contributed by atoms with Crippen LogP contribution >= 0.6 is 0 Å². The molecule has 16 heavy (non-hydrogen) atoms. The number of halogens is 1. The maximum atomic E-state index is 13.0. The smallest absolute Gasteiger partial charge is 0.261 e. The molecular formula is C11H12FN3O. The molecule has 1 aromatic carbocycles. The van der Waals surface area contributed by atoms with E-state index in [9.17, 15) is 9.18 Å². The molecule has 4 nitrogen and oxygen atoms in total. The van der Waals surface area contributed by atoms with Gasteiger partial charge in [0.1, 0.15) is 5.82 Å². The van der Waals surface area contributed by atoms with Gasteiger partial charge in [-0.3, -0.25) is 9.36 Å². The molecule has 2 aromatic rings. The molecular weight excluding hydrogens is 209 g/mol. The molecule has 5 heteroatoms. The van der Waals surface area contributed by atoms with E-state index in [1.165, 1.54) is 29.1 Å². The van der Waals surface area contributed by atoms with Crippen LogP contribution in [-0.2, 0) is 6.54 Å². The minimum atomic E-state index is -0.428. The lowest BCUT2D eigenvalue weighted by Gasteiger charge is -2.05. The van der Waals surface area contributed by atoms with E-state index in [1.54, 1.807) is 0 Å². The zero-order valence-corrected chi connectivity index (χ0v) is 8.69. The molecule has 0 spiro atoms. The molecule has 84 valence electrons. The normalized spacial score (nSPS) is 10.9. The van der Waals surface area contributed by atoms with Gasteiger partial charge >= 0.3 is 0 Å². The van der Waals surface area contributed by atoms with Crippen molar-refractivity contribution >= 4 is 10.9 Å². The van der Waals surface area contributed by atoms with Crippen LogP contribution in [0.3, 0.4) is 0 Å². The molecule has 0 radical (unpaired) electrons. The van der Waals surface area contributed by atoms with E-state index in [0.29, 0.717) is 30.4 Å². The molecule has 0 aliphatic carbocycles. The number of hydrogen-bond donors (Lipinski definition) is 1. The number of fused-ring (bicyclic) bond motifs is 1. The Labute approximate surface area is 91.5 Å². The van der Waals surface area contributed by atoms with Crippen LogP contribution in [0.25, 0.3) is 10.9 Å². The van der Waals surface area contributed by atoms with Crippen LogP contribution in [0.1, 0.15) is 6.42 Å². The third-order valence-electron chi connectivity index (χ3n) is 2.39. The second-order valence-corrected chi connectivity index (χ2v) is 3.55. The van der Waals surface area contributed by atoms with Gasteiger partial charge in [0, 0.05) is 6.54 Å². The Morgan fingerprint density at radius 3 is 3.00 bits per heavy atom. The third-order valence-corrected chi connectivity index (χ3v) is 2.39. The summed E-state index contributed by atoms with van der Waals surface area (Å²) in [5.74, 6) is -0.428. The second kappa shape index (κ2) is 4.40. The van der Waals surface area contributed by atoms with Gasteiger partial charge in [-0.2, -0.15) is 0 Å². The number of aryl methyl sites for hydroxylation is 1. The van der Waals surface area contributed by atoms with E-state index >= 15 is 0 Å². The summed E-state index contributed by atoms with van der Waals surface area (Å²) in [6, 6.07) is 4.00. The highest BCUT2D eigenvalue weighted by atomic mass is 19.1. The minimum absolute atomic E-state index is 0.224. The molecule has 1 aromatic heterocycles. The van der Waals surface area contributed by atoms with Gasteiger partial charge in [0.25, 0.3) is 5.56 Å². The van der Waals surface area contributed by atoms with Gasteiger partial charge in [0.15, 0.2) is 0 Å². The van der Waals surface area contributed by atoms with Crippen molar-refractivity contribution < 1.29 is 4.39 Å². The Bertz CT molecular complexity index is 565. The summed E-state index contributed by atoms with van der Waals surface area (Å²) in [7, 11) is 0. The Hall–Kier alpha value is -1.75. The number of rotatable bonds is 3. The van der Waals surface area contributed by atoms with E-state index in [0.717, 1.165) is 0 Å². The number of aromatic nitrogens is 2. The summed E-state index contributed by atoms with van der Waals surface area (Å²) >= 11 is 0. The predicted molar refractivity (Wildman–Crippen MR) is 59.6 cm³/mol. The van der Waals surface area contributed by atoms with Gasteiger partial charge in [-0.05, 0) is 31.2 Å². The maximum absolute atomic E-state index is 13.0. The molecule has 0 amide bonds. The van der Waals surface area contributed by atoms with Gasteiger partial charge in [0.05, 0.1) is 17.2 Å². The quantitative estimate of drug-likeness (QED) is 0.837. The monoisotopic (exact) mass is 221 g/mol. The largest absolute Gasteiger partial charge is 0.330 e. The minimum Gasteiger partial charge on any atom is -0.330 e. The number of nitrogens with two attached hydrogens (primary N) is 1. The second-order valence-electron chi connectivity index (χ2n) is 3.55. The zero-order chi connectivity index (χ0) is 11.5. The number of benzene rings is 1. The van der Waals surface area contributed by atoms with E-state index in [1.807, 2.05) is 0 Å². The molecule has 0 unspecified atom stereocenters. The first-order valence-corrected chi connectivity index (χ1v) is 5.07. The molecule has 0 atom stereocenters. The molecule has 0 bridgehead atoms. The highest BCUT2D eigenvalue weighted by Crippen LogP contribution is 2.08. The van der Waals surface area contributed by atoms with Crippen LogP contribution in [0, 0.1) is 5.82 Å². The van der Waals surface area contributed by atoms with Gasteiger partial charge in [-0.1, -0.05) is 0 Å². The SMILES string of the molecule is NCCCn1cnc2ccc(F)cc2c1=O. The molecule has 2 N–H and O–H groups in total. The summed E-state index contributed by atoms with van der Waals surface area (Å²) < 4.78 is 14.5. The Morgan fingerprint density at radius 1 is 1.44 bits per heavy atom. The summed E-state index contributed by atoms with van der Waals surface area (Å²) in [5.41, 5.74) is 5.65. The first-order chi connectivity index (χ1) is 7.72. The third kappa shape index (κ3) is 1.94. The standard InChI is InChI=1S/C11H12FN3O/c12-8-2-3-10-9(6-8)11(16)15(7-14-10)5-1-4-13/h2-3,6-7H,1,4-5,13H2. The fraction of sp³-hybridized carbons (Fsp3) is 0.273. The van der Waals surface area contributed by atoms with Crippen molar-refractivity contribution in [3.05, 3.63) is 40.7 Å². The maximum Gasteiger partial charge on any atom is 0.261 e. The molecule has 0 fully saturated rings. The van der Waals surface area contributed by atoms with Crippen molar-refractivity contribution in [1.29, 1.82) is 0 Å². The average molecular weight is 221 g/mol. The van der Waals surface area contributed by atoms with E-state index < -0.39 is 5.82 Å². The van der Waals surface area contributed by atoms with Gasteiger partial charge in [-0.15, -0.1) is 0 Å². The number of hydrogen-bond acceptors (Lipinski definition) is 3. The fourth-order valence-electron chi connectivity index (χ4n) is 1.55. The van der Waals surface area contributed by atoms with E-state index in [4.69, 9.17) is 5.73 Å². The molecule has 0 saturated carbocycles. The van der Waals surface area contributed by atoms with E-state index in [2.05, 4.69) is 4.98 Å². The van der Waals surface area contributed by atoms with Crippen LogP contribution in [-0.4, -0.2) is 16.1 Å². The van der Waals surface area contributed by atoms with E-state index in [-0.39, 0.29) is 5.56 Å². The topological polar surface area (TPSA) is 60.9 Å². The molecule has 0 aliphatic heterocycles. The summed E-state index contributed by atoms with van der Waals surface area (Å²) in [6.45, 7) is 1.02. The van der Waals surface area contributed by atoms with Crippen LogP contribution in [0.5, 0.6) is 0 Å². The molecule has 1 heterocycles. The van der Waals surface area contributed by atoms with Crippen molar-refractivity contribution in [2.45, 2.75) is 13.0 Å². The Morgan fingerprint density at radius 2 is 2.25 bits per heavy atom. The average Bonchev–Trinajstić information content (AvgIpc) is 2.29. The van der Waals surface area contributed by atoms with Crippen LogP contribution < -0.4 is 11.3 Å². The first kappa shape index (κ1) is 10.8. The first-order valence-electron chi connectivity index (χ1n) is 5.07. The fourth-order valence-corrected chi connectivity index (χ4v) is 1.55. The van der Waals surface area contributed by atoms with Crippen LogP contribution in [0.2, 0.25) is 0 Å². The molecule has 0 saturated heterocycles. The number of nitrogens with zero attached hydrogens (tertiary/aromatic N) is 2. The van der Waals surface area contributed by atoms with Crippen molar-refractivity contribution in [3.63, 3.8) is 0 Å². The van der Waals surface area contributed by atoms with Crippen molar-refractivity contribution in [1.82, 2.24) is 9.55 Å². The van der Waals surface area contributed by atoms with Crippen molar-refractivity contribution in [2.75, 3.05) is 6.54 Å². The van der Waals surface area contributed by atoms with Gasteiger partial charge in [0.2, 0.25) is 0 Å². The Kier molecular flexibility index (Phi) is 2.96. The highest BCUT2D eigenvalue weighted by Gasteiger charge is 2.04.